The van der Waals surface area contributed by atoms with Crippen LogP contribution >= 0.6 is 0 Å². The molecule has 11 heavy (non-hydrogen) atoms. The molecule has 0 spiro atoms. The summed E-state index contributed by atoms with van der Waals surface area (Å²) in [6, 6.07) is 1.58. The Kier molecular flexibility index (Phi) is 4.97. The van der Waals surface area contributed by atoms with Gasteiger partial charge in [0.25, 0.3) is 0 Å². The Bertz CT molecular complexity index is 209. The lowest BCUT2D eigenvalue weighted by Crippen LogP contribution is -2.13. The van der Waals surface area contributed by atoms with Crippen molar-refractivity contribution in [1.82, 2.24) is 10.6 Å². The van der Waals surface area contributed by atoms with Crippen molar-refractivity contribution in [2.45, 2.75) is 6.92 Å². The largest absolute Gasteiger partial charge is 0.353 e. The van der Waals surface area contributed by atoms with Crippen LogP contribution in [0.2, 0.25) is 0 Å². The molecule has 0 bridgehead atoms. The zero-order valence-electron chi connectivity index (χ0n) is 6.50. The predicted molar refractivity (Wildman–Crippen MR) is 39.9 cm³/mol. The second-order valence-corrected chi connectivity index (χ2v) is 1.78. The third-order valence-electron chi connectivity index (χ3n) is 0.762. The van der Waals surface area contributed by atoms with Crippen molar-refractivity contribution < 1.29 is 9.32 Å². The first-order chi connectivity index (χ1) is 5.24. The maximum absolute atomic E-state index is 9.89. The van der Waals surface area contributed by atoms with E-state index in [9.17, 15) is 4.79 Å². The molecule has 0 atom stereocenters. The van der Waals surface area contributed by atoms with Gasteiger partial charge >= 0.3 is 0 Å². The molecule has 62 valence electrons. The molecule has 1 heterocycles. The first-order valence-electron chi connectivity index (χ1n) is 3.00. The Labute approximate surface area is 64.5 Å². The highest BCUT2D eigenvalue weighted by Crippen LogP contribution is 1.96. The van der Waals surface area contributed by atoms with Gasteiger partial charge in [0.1, 0.15) is 0 Å². The van der Waals surface area contributed by atoms with Gasteiger partial charge in [-0.15, -0.1) is 0 Å². The van der Waals surface area contributed by atoms with E-state index in [-0.39, 0.29) is 5.76 Å². The molecule has 1 aromatic heterocycles. The summed E-state index contributed by atoms with van der Waals surface area (Å²) in [5.41, 5.74) is 2.98. The number of carbonyl (C=O) groups excluding carboxylic acids is 1. The van der Waals surface area contributed by atoms with Crippen LogP contribution < -0.4 is 11.3 Å². The van der Waals surface area contributed by atoms with E-state index in [0.717, 1.165) is 5.69 Å². The summed E-state index contributed by atoms with van der Waals surface area (Å²) in [6.07, 6.45) is 0.625. The number of carbonyl (C=O) groups is 1. The minimum absolute atomic E-state index is 0.280. The minimum Gasteiger partial charge on any atom is -0.353 e. The number of aryl methyl sites for hydroxylation is 1. The summed E-state index contributed by atoms with van der Waals surface area (Å²) in [7, 11) is 1.65. The van der Waals surface area contributed by atoms with Crippen molar-refractivity contribution in [2.75, 3.05) is 7.05 Å². The van der Waals surface area contributed by atoms with Crippen molar-refractivity contribution in [3.05, 3.63) is 17.5 Å². The Hall–Kier alpha value is -1.20. The number of hydrogen-bond acceptors (Lipinski definition) is 5. The maximum Gasteiger partial charge on any atom is 0.199 e. The molecule has 0 saturated carbocycles. The molecule has 5 heteroatoms. The highest BCUT2D eigenvalue weighted by atomic mass is 16.5. The van der Waals surface area contributed by atoms with Gasteiger partial charge in [-0.3, -0.25) is 16.1 Å². The molecule has 0 saturated heterocycles. The van der Waals surface area contributed by atoms with Gasteiger partial charge in [0.15, 0.2) is 12.0 Å². The van der Waals surface area contributed by atoms with Crippen LogP contribution in [0.3, 0.4) is 0 Å². The molecular formula is C6H11N3O2. The van der Waals surface area contributed by atoms with Crippen molar-refractivity contribution in [3.8, 4) is 0 Å². The fraction of sp³-hybridized carbons (Fsp3) is 0.333. The van der Waals surface area contributed by atoms with Crippen molar-refractivity contribution in [1.29, 1.82) is 0 Å². The smallest absolute Gasteiger partial charge is 0.199 e. The highest BCUT2D eigenvalue weighted by molar-refractivity contribution is 5.70. The summed E-state index contributed by atoms with van der Waals surface area (Å²) in [4.78, 5) is 9.89. The van der Waals surface area contributed by atoms with E-state index in [4.69, 9.17) is 0 Å². The van der Waals surface area contributed by atoms with E-state index in [0.29, 0.717) is 6.29 Å². The third-order valence-corrected chi connectivity index (χ3v) is 0.762. The average molecular weight is 157 g/mol. The summed E-state index contributed by atoms with van der Waals surface area (Å²) in [6.45, 7) is 1.76. The van der Waals surface area contributed by atoms with Gasteiger partial charge < -0.3 is 4.52 Å². The van der Waals surface area contributed by atoms with Crippen LogP contribution in [0.15, 0.2) is 10.6 Å². The number of aldehydes is 1. The molecule has 5 nitrogen and oxygen atoms in total. The van der Waals surface area contributed by atoms with Gasteiger partial charge in [0.05, 0.1) is 5.69 Å². The summed E-state index contributed by atoms with van der Waals surface area (Å²) < 4.78 is 4.50. The first-order valence-corrected chi connectivity index (χ1v) is 3.00. The van der Waals surface area contributed by atoms with Crippen LogP contribution in [0.25, 0.3) is 0 Å². The lowest BCUT2D eigenvalue weighted by atomic mass is 10.4. The van der Waals surface area contributed by atoms with Crippen molar-refractivity contribution in [2.24, 2.45) is 5.84 Å². The van der Waals surface area contributed by atoms with E-state index in [1.807, 2.05) is 0 Å². The lowest BCUT2D eigenvalue weighted by Gasteiger charge is -1.65. The molecule has 0 aromatic carbocycles. The average Bonchev–Trinajstić information content (AvgIpc) is 2.37. The van der Waals surface area contributed by atoms with E-state index < -0.39 is 0 Å². The fourth-order valence-corrected chi connectivity index (χ4v) is 0.439. The standard InChI is InChI=1S/C5H5NO2.CH6N2/c1-4-2-5(3-7)8-6-4;1-3-2/h2-3H,1H3;3H,2H2,1H3. The molecule has 1 rings (SSSR count). The molecular weight excluding hydrogens is 146 g/mol. The number of rotatable bonds is 1. The van der Waals surface area contributed by atoms with Gasteiger partial charge in [0.2, 0.25) is 0 Å². The Morgan fingerprint density at radius 2 is 2.36 bits per heavy atom. The van der Waals surface area contributed by atoms with E-state index in [2.05, 4.69) is 20.9 Å². The van der Waals surface area contributed by atoms with Crippen molar-refractivity contribution in [3.63, 3.8) is 0 Å². The second kappa shape index (κ2) is 5.57. The summed E-state index contributed by atoms with van der Waals surface area (Å²) in [5, 5.41) is 3.48. The Balaban J connectivity index is 0.000000292. The zero-order valence-corrected chi connectivity index (χ0v) is 6.50. The number of nitrogens with one attached hydrogen (secondary N) is 1. The topological polar surface area (TPSA) is 81.1 Å². The summed E-state index contributed by atoms with van der Waals surface area (Å²) >= 11 is 0. The first kappa shape index (κ1) is 9.80. The molecule has 0 amide bonds. The molecule has 0 unspecified atom stereocenters. The Morgan fingerprint density at radius 3 is 2.55 bits per heavy atom. The zero-order chi connectivity index (χ0) is 8.69. The van der Waals surface area contributed by atoms with Crippen molar-refractivity contribution >= 4 is 6.29 Å². The van der Waals surface area contributed by atoms with Crippen LogP contribution in [0.1, 0.15) is 16.2 Å². The SMILES string of the molecule is CNN.Cc1cc(C=O)on1. The maximum atomic E-state index is 9.89. The van der Waals surface area contributed by atoms with Crippen LogP contribution in [0.5, 0.6) is 0 Å². The van der Waals surface area contributed by atoms with Crippen LogP contribution in [-0.2, 0) is 0 Å². The van der Waals surface area contributed by atoms with Crippen LogP contribution in [0, 0.1) is 6.92 Å². The van der Waals surface area contributed by atoms with Gasteiger partial charge in [-0.1, -0.05) is 5.16 Å². The van der Waals surface area contributed by atoms with Gasteiger partial charge in [-0.05, 0) is 14.0 Å². The van der Waals surface area contributed by atoms with E-state index in [1.54, 1.807) is 20.0 Å². The van der Waals surface area contributed by atoms with Gasteiger partial charge in [-0.2, -0.15) is 0 Å². The van der Waals surface area contributed by atoms with E-state index >= 15 is 0 Å². The molecule has 0 aliphatic heterocycles. The van der Waals surface area contributed by atoms with Gasteiger partial charge in [-0.25, -0.2) is 0 Å². The predicted octanol–water partition coefficient (Wildman–Crippen LogP) is -0.125. The summed E-state index contributed by atoms with van der Waals surface area (Å²) in [5.74, 6) is 4.88. The van der Waals surface area contributed by atoms with Crippen LogP contribution in [0.4, 0.5) is 0 Å². The number of nitrogens with two attached hydrogens (primary N) is 1. The van der Waals surface area contributed by atoms with Gasteiger partial charge in [0, 0.05) is 6.07 Å². The third kappa shape index (κ3) is 4.24. The molecule has 3 N–H and O–H groups in total. The van der Waals surface area contributed by atoms with E-state index in [1.165, 1.54) is 0 Å². The second-order valence-electron chi connectivity index (χ2n) is 1.78. The number of hydrazine groups is 1. The van der Waals surface area contributed by atoms with Crippen LogP contribution in [-0.4, -0.2) is 18.5 Å². The minimum atomic E-state index is 0.280. The molecule has 0 aliphatic rings. The Morgan fingerprint density at radius 1 is 1.82 bits per heavy atom. The number of nitrogens with zero attached hydrogens (tertiary/aromatic N) is 1. The number of hydrogen-bond donors (Lipinski definition) is 2. The highest BCUT2D eigenvalue weighted by Gasteiger charge is 1.94. The monoisotopic (exact) mass is 157 g/mol. The molecule has 0 radical (unpaired) electrons. The quantitative estimate of drug-likeness (QED) is 0.337. The molecule has 0 aliphatic carbocycles. The lowest BCUT2D eigenvalue weighted by molar-refractivity contribution is 0.109. The normalized spacial score (nSPS) is 8.27. The molecule has 0 fully saturated rings. The molecule has 1 aromatic rings. The fourth-order valence-electron chi connectivity index (χ4n) is 0.439. The number of aromatic nitrogens is 1.